The second-order valence-electron chi connectivity index (χ2n) is 4.32. The molecule has 106 valence electrons. The average molecular weight is 329 g/mol. The van der Waals surface area contributed by atoms with E-state index in [9.17, 15) is 4.79 Å². The Morgan fingerprint density at radius 3 is 2.95 bits per heavy atom. The number of nitrogens with zero attached hydrogens (tertiary/aromatic N) is 1. The van der Waals surface area contributed by atoms with Gasteiger partial charge in [-0.25, -0.2) is 4.98 Å². The molecule has 3 nitrogen and oxygen atoms in total. The van der Waals surface area contributed by atoms with Crippen molar-refractivity contribution in [2.24, 2.45) is 0 Å². The first-order valence-electron chi connectivity index (χ1n) is 6.27. The van der Waals surface area contributed by atoms with Crippen LogP contribution in [-0.2, 0) is 0 Å². The van der Waals surface area contributed by atoms with Gasteiger partial charge in [-0.05, 0) is 23.9 Å². The number of aromatic nitrogens is 1. The topological polar surface area (TPSA) is 42.0 Å². The number of pyridine rings is 1. The predicted molar refractivity (Wildman–Crippen MR) is 83.7 cm³/mol. The van der Waals surface area contributed by atoms with Crippen molar-refractivity contribution in [1.82, 2.24) is 10.3 Å². The molecule has 2 rings (SSSR count). The molecule has 1 unspecified atom stereocenters. The summed E-state index contributed by atoms with van der Waals surface area (Å²) in [5.74, 6) is -0.230. The summed E-state index contributed by atoms with van der Waals surface area (Å²) in [6.45, 7) is 2.09. The van der Waals surface area contributed by atoms with Gasteiger partial charge in [0.15, 0.2) is 0 Å². The number of hydrogen-bond acceptors (Lipinski definition) is 3. The molecule has 1 N–H and O–H groups in total. The summed E-state index contributed by atoms with van der Waals surface area (Å²) >= 11 is 13.4. The summed E-state index contributed by atoms with van der Waals surface area (Å²) < 4.78 is 0. The zero-order valence-electron chi connectivity index (χ0n) is 10.9. The molecule has 0 fully saturated rings. The first-order chi connectivity index (χ1) is 9.61. The molecule has 1 atom stereocenters. The normalized spacial score (nSPS) is 12.2. The van der Waals surface area contributed by atoms with Crippen LogP contribution in [0.25, 0.3) is 0 Å². The van der Waals surface area contributed by atoms with Crippen LogP contribution in [0.2, 0.25) is 10.2 Å². The smallest absolute Gasteiger partial charge is 0.253 e. The van der Waals surface area contributed by atoms with Gasteiger partial charge in [-0.1, -0.05) is 42.6 Å². The van der Waals surface area contributed by atoms with Crippen LogP contribution in [-0.4, -0.2) is 10.9 Å². The van der Waals surface area contributed by atoms with Gasteiger partial charge in [0.2, 0.25) is 0 Å². The molecule has 0 aliphatic carbocycles. The van der Waals surface area contributed by atoms with Gasteiger partial charge in [0.05, 0.1) is 16.6 Å². The first kappa shape index (κ1) is 15.3. The molecule has 2 aromatic rings. The third-order valence-electron chi connectivity index (χ3n) is 2.84. The highest BCUT2D eigenvalue weighted by molar-refractivity contribution is 7.10. The number of thiophene rings is 1. The summed E-state index contributed by atoms with van der Waals surface area (Å²) in [4.78, 5) is 17.3. The van der Waals surface area contributed by atoms with Gasteiger partial charge in [0.1, 0.15) is 5.15 Å². The molecule has 0 saturated carbocycles. The van der Waals surface area contributed by atoms with Crippen LogP contribution in [0, 0.1) is 0 Å². The minimum Gasteiger partial charge on any atom is -0.344 e. The molecule has 6 heteroatoms. The number of hydrogen-bond donors (Lipinski definition) is 1. The lowest BCUT2D eigenvalue weighted by Crippen LogP contribution is -2.28. The lowest BCUT2D eigenvalue weighted by Gasteiger charge is -2.17. The fraction of sp³-hybridized carbons (Fsp3) is 0.286. The van der Waals surface area contributed by atoms with Crippen LogP contribution in [0.1, 0.15) is 41.0 Å². The number of amides is 1. The van der Waals surface area contributed by atoms with Crippen molar-refractivity contribution in [3.8, 4) is 0 Å². The minimum absolute atomic E-state index is 0.00416. The largest absolute Gasteiger partial charge is 0.344 e. The molecule has 0 aliphatic rings. The molecule has 2 aromatic heterocycles. The van der Waals surface area contributed by atoms with Gasteiger partial charge in [0, 0.05) is 11.1 Å². The molecule has 0 radical (unpaired) electrons. The Hall–Kier alpha value is -1.10. The quantitative estimate of drug-likeness (QED) is 0.807. The highest BCUT2D eigenvalue weighted by atomic mass is 35.5. The predicted octanol–water partition coefficient (Wildman–Crippen LogP) is 4.72. The minimum atomic E-state index is -0.230. The molecule has 2 heterocycles. The Bertz CT molecular complexity index is 587. The van der Waals surface area contributed by atoms with Gasteiger partial charge in [-0.3, -0.25) is 4.79 Å². The molecular weight excluding hydrogens is 315 g/mol. The zero-order valence-corrected chi connectivity index (χ0v) is 13.2. The maximum atomic E-state index is 12.3. The van der Waals surface area contributed by atoms with Crippen molar-refractivity contribution in [3.05, 3.63) is 50.4 Å². The molecule has 1 amide bonds. The summed E-state index contributed by atoms with van der Waals surface area (Å²) in [7, 11) is 0. The molecule has 0 spiro atoms. The molecule has 20 heavy (non-hydrogen) atoms. The molecule has 0 saturated heterocycles. The summed E-state index contributed by atoms with van der Waals surface area (Å²) in [5, 5.41) is 5.56. The third kappa shape index (κ3) is 3.72. The van der Waals surface area contributed by atoms with Gasteiger partial charge < -0.3 is 5.32 Å². The van der Waals surface area contributed by atoms with E-state index >= 15 is 0 Å². The van der Waals surface area contributed by atoms with Gasteiger partial charge in [-0.15, -0.1) is 11.3 Å². The second kappa shape index (κ2) is 7.07. The van der Waals surface area contributed by atoms with E-state index in [4.69, 9.17) is 23.2 Å². The van der Waals surface area contributed by atoms with Crippen molar-refractivity contribution < 1.29 is 4.79 Å². The van der Waals surface area contributed by atoms with E-state index in [1.165, 1.54) is 12.3 Å². The Labute approximate surface area is 131 Å². The Morgan fingerprint density at radius 2 is 2.30 bits per heavy atom. The van der Waals surface area contributed by atoms with Crippen molar-refractivity contribution in [2.75, 3.05) is 0 Å². The molecule has 0 aromatic carbocycles. The van der Waals surface area contributed by atoms with Crippen LogP contribution in [0.4, 0.5) is 0 Å². The highest BCUT2D eigenvalue weighted by Crippen LogP contribution is 2.25. The van der Waals surface area contributed by atoms with E-state index in [1.54, 1.807) is 11.3 Å². The number of nitrogens with one attached hydrogen (secondary N) is 1. The summed E-state index contributed by atoms with van der Waals surface area (Å²) in [6.07, 6.45) is 3.25. The monoisotopic (exact) mass is 328 g/mol. The van der Waals surface area contributed by atoms with E-state index in [-0.39, 0.29) is 17.1 Å². The zero-order chi connectivity index (χ0) is 14.5. The van der Waals surface area contributed by atoms with Crippen molar-refractivity contribution >= 4 is 40.4 Å². The van der Waals surface area contributed by atoms with Crippen LogP contribution in [0.5, 0.6) is 0 Å². The molecule has 0 aliphatic heterocycles. The molecular formula is C14H14Cl2N2OS. The molecule has 0 bridgehead atoms. The van der Waals surface area contributed by atoms with Crippen molar-refractivity contribution in [2.45, 2.75) is 25.8 Å². The van der Waals surface area contributed by atoms with Crippen LogP contribution < -0.4 is 5.32 Å². The van der Waals surface area contributed by atoms with Crippen LogP contribution >= 0.6 is 34.5 Å². The number of carbonyl (C=O) groups excluding carboxylic acids is 1. The van der Waals surface area contributed by atoms with E-state index < -0.39 is 0 Å². The van der Waals surface area contributed by atoms with Crippen LogP contribution in [0.15, 0.2) is 29.8 Å². The first-order valence-corrected chi connectivity index (χ1v) is 7.90. The summed E-state index contributed by atoms with van der Waals surface area (Å²) in [6, 6.07) is 5.48. The standard InChI is InChI=1S/C14H14Cl2N2OS/c1-2-4-11(12-5-3-6-20-12)18-14(19)9-7-13(16)17-8-10(9)15/h3,5-8,11H,2,4H2,1H3,(H,18,19). The number of carbonyl (C=O) groups is 1. The second-order valence-corrected chi connectivity index (χ2v) is 6.09. The van der Waals surface area contributed by atoms with E-state index in [1.807, 2.05) is 17.5 Å². The van der Waals surface area contributed by atoms with Crippen LogP contribution in [0.3, 0.4) is 0 Å². The maximum absolute atomic E-state index is 12.3. The van der Waals surface area contributed by atoms with E-state index in [0.29, 0.717) is 10.6 Å². The Morgan fingerprint density at radius 1 is 1.50 bits per heavy atom. The lowest BCUT2D eigenvalue weighted by molar-refractivity contribution is 0.0935. The van der Waals surface area contributed by atoms with E-state index in [2.05, 4.69) is 17.2 Å². The average Bonchev–Trinajstić information content (AvgIpc) is 2.95. The number of rotatable bonds is 5. The van der Waals surface area contributed by atoms with Gasteiger partial charge in [-0.2, -0.15) is 0 Å². The lowest BCUT2D eigenvalue weighted by atomic mass is 10.1. The van der Waals surface area contributed by atoms with E-state index in [0.717, 1.165) is 17.7 Å². The van der Waals surface area contributed by atoms with Gasteiger partial charge >= 0.3 is 0 Å². The fourth-order valence-electron chi connectivity index (χ4n) is 1.89. The third-order valence-corrected chi connectivity index (χ3v) is 4.33. The fourth-order valence-corrected chi connectivity index (χ4v) is 3.05. The Kier molecular flexibility index (Phi) is 5.40. The SMILES string of the molecule is CCCC(NC(=O)c1cc(Cl)ncc1Cl)c1cccs1. The highest BCUT2D eigenvalue weighted by Gasteiger charge is 2.18. The van der Waals surface area contributed by atoms with Gasteiger partial charge in [0.25, 0.3) is 5.91 Å². The van der Waals surface area contributed by atoms with Crippen molar-refractivity contribution in [1.29, 1.82) is 0 Å². The van der Waals surface area contributed by atoms with Crippen molar-refractivity contribution in [3.63, 3.8) is 0 Å². The number of halogens is 2. The summed E-state index contributed by atoms with van der Waals surface area (Å²) in [5.41, 5.74) is 0.351. The Balaban J connectivity index is 2.18. The maximum Gasteiger partial charge on any atom is 0.253 e.